The van der Waals surface area contributed by atoms with Gasteiger partial charge in [0, 0.05) is 11.1 Å². The SMILES string of the molecule is O=Cc1c(Sc2ccc(F)c(F)c2)nc2ccccn12. The maximum atomic E-state index is 13.2. The molecule has 100 valence electrons. The van der Waals surface area contributed by atoms with E-state index in [-0.39, 0.29) is 0 Å². The summed E-state index contributed by atoms with van der Waals surface area (Å²) < 4.78 is 27.7. The van der Waals surface area contributed by atoms with E-state index in [1.54, 1.807) is 22.7 Å². The molecule has 2 aromatic heterocycles. The van der Waals surface area contributed by atoms with Gasteiger partial charge in [-0.25, -0.2) is 13.8 Å². The van der Waals surface area contributed by atoms with E-state index in [9.17, 15) is 13.6 Å². The molecule has 0 aliphatic carbocycles. The van der Waals surface area contributed by atoms with Crippen LogP contribution in [0, 0.1) is 11.6 Å². The van der Waals surface area contributed by atoms with Crippen molar-refractivity contribution in [1.29, 1.82) is 0 Å². The largest absolute Gasteiger partial charge is 0.296 e. The molecule has 0 saturated carbocycles. The van der Waals surface area contributed by atoms with Crippen LogP contribution in [0.2, 0.25) is 0 Å². The molecular weight excluding hydrogens is 282 g/mol. The van der Waals surface area contributed by atoms with Gasteiger partial charge in [0.2, 0.25) is 0 Å². The highest BCUT2D eigenvalue weighted by Crippen LogP contribution is 2.30. The summed E-state index contributed by atoms with van der Waals surface area (Å²) in [6.45, 7) is 0. The van der Waals surface area contributed by atoms with E-state index in [1.807, 2.05) is 6.07 Å². The van der Waals surface area contributed by atoms with Crippen molar-refractivity contribution in [1.82, 2.24) is 9.38 Å². The third kappa shape index (κ3) is 2.18. The number of fused-ring (bicyclic) bond motifs is 1. The Kier molecular flexibility index (Phi) is 3.23. The molecule has 0 amide bonds. The van der Waals surface area contributed by atoms with Gasteiger partial charge in [0.15, 0.2) is 17.9 Å². The number of hydrogen-bond donors (Lipinski definition) is 0. The van der Waals surface area contributed by atoms with Gasteiger partial charge in [-0.05, 0) is 30.3 Å². The van der Waals surface area contributed by atoms with Crippen molar-refractivity contribution in [2.24, 2.45) is 0 Å². The minimum absolute atomic E-state index is 0.385. The normalized spacial score (nSPS) is 10.9. The molecule has 2 heterocycles. The van der Waals surface area contributed by atoms with Crippen molar-refractivity contribution in [2.75, 3.05) is 0 Å². The Morgan fingerprint density at radius 2 is 2.00 bits per heavy atom. The minimum Gasteiger partial charge on any atom is -0.296 e. The summed E-state index contributed by atoms with van der Waals surface area (Å²) in [6.07, 6.45) is 2.42. The fourth-order valence-corrected chi connectivity index (χ4v) is 2.74. The lowest BCUT2D eigenvalue weighted by atomic mass is 10.3. The Balaban J connectivity index is 2.05. The van der Waals surface area contributed by atoms with Crippen molar-refractivity contribution in [2.45, 2.75) is 9.92 Å². The van der Waals surface area contributed by atoms with Gasteiger partial charge in [-0.1, -0.05) is 17.8 Å². The molecular formula is C14H8F2N2OS. The van der Waals surface area contributed by atoms with Crippen LogP contribution in [0.15, 0.2) is 52.5 Å². The minimum atomic E-state index is -0.925. The highest BCUT2D eigenvalue weighted by molar-refractivity contribution is 7.99. The number of aromatic nitrogens is 2. The van der Waals surface area contributed by atoms with E-state index in [2.05, 4.69) is 4.98 Å². The third-order valence-electron chi connectivity index (χ3n) is 2.75. The van der Waals surface area contributed by atoms with E-state index in [1.165, 1.54) is 6.07 Å². The number of aldehydes is 1. The molecule has 0 atom stereocenters. The van der Waals surface area contributed by atoms with Gasteiger partial charge in [-0.3, -0.25) is 9.20 Å². The number of pyridine rings is 1. The monoisotopic (exact) mass is 290 g/mol. The number of rotatable bonds is 3. The topological polar surface area (TPSA) is 34.4 Å². The van der Waals surface area contributed by atoms with Crippen LogP contribution in [0.4, 0.5) is 8.78 Å². The summed E-state index contributed by atoms with van der Waals surface area (Å²) in [5, 5.41) is 0.456. The number of halogens is 2. The highest BCUT2D eigenvalue weighted by atomic mass is 32.2. The van der Waals surface area contributed by atoms with E-state index in [0.29, 0.717) is 27.5 Å². The first kappa shape index (κ1) is 12.8. The van der Waals surface area contributed by atoms with Gasteiger partial charge >= 0.3 is 0 Å². The molecule has 6 heteroatoms. The Morgan fingerprint density at radius 1 is 1.15 bits per heavy atom. The molecule has 0 radical (unpaired) electrons. The summed E-state index contributed by atoms with van der Waals surface area (Å²) >= 11 is 1.12. The maximum Gasteiger partial charge on any atom is 0.169 e. The zero-order valence-corrected chi connectivity index (χ0v) is 10.9. The van der Waals surface area contributed by atoms with Crippen LogP contribution in [0.5, 0.6) is 0 Å². The van der Waals surface area contributed by atoms with Gasteiger partial charge in [-0.15, -0.1) is 0 Å². The average Bonchev–Trinajstić information content (AvgIpc) is 2.80. The lowest BCUT2D eigenvalue weighted by Crippen LogP contribution is -1.90. The quantitative estimate of drug-likeness (QED) is 0.691. The lowest BCUT2D eigenvalue weighted by molar-refractivity contribution is 0.111. The predicted octanol–water partition coefficient (Wildman–Crippen LogP) is 3.58. The highest BCUT2D eigenvalue weighted by Gasteiger charge is 2.13. The van der Waals surface area contributed by atoms with Crippen LogP contribution in [0.3, 0.4) is 0 Å². The van der Waals surface area contributed by atoms with Crippen molar-refractivity contribution in [3.05, 3.63) is 59.9 Å². The first-order valence-corrected chi connectivity index (χ1v) is 6.56. The zero-order chi connectivity index (χ0) is 14.1. The van der Waals surface area contributed by atoms with Crippen LogP contribution in [-0.4, -0.2) is 15.7 Å². The first-order valence-electron chi connectivity index (χ1n) is 5.74. The molecule has 0 spiro atoms. The molecule has 1 aromatic carbocycles. The number of nitrogens with zero attached hydrogens (tertiary/aromatic N) is 2. The van der Waals surface area contributed by atoms with E-state index in [4.69, 9.17) is 0 Å². The molecule has 0 saturated heterocycles. The number of imidazole rings is 1. The van der Waals surface area contributed by atoms with Gasteiger partial charge in [0.1, 0.15) is 16.4 Å². The smallest absolute Gasteiger partial charge is 0.169 e. The molecule has 3 rings (SSSR count). The molecule has 0 N–H and O–H groups in total. The first-order chi connectivity index (χ1) is 9.69. The number of carbonyl (C=O) groups excluding carboxylic acids is 1. The number of benzene rings is 1. The van der Waals surface area contributed by atoms with Gasteiger partial charge < -0.3 is 0 Å². The van der Waals surface area contributed by atoms with E-state index in [0.717, 1.165) is 23.9 Å². The number of carbonyl (C=O) groups is 1. The zero-order valence-electron chi connectivity index (χ0n) is 10.1. The molecule has 0 fully saturated rings. The molecule has 0 aliphatic rings. The Bertz CT molecular complexity index is 801. The van der Waals surface area contributed by atoms with Crippen LogP contribution < -0.4 is 0 Å². The van der Waals surface area contributed by atoms with Crippen LogP contribution in [0.1, 0.15) is 10.5 Å². The fraction of sp³-hybridized carbons (Fsp3) is 0. The molecule has 0 bridgehead atoms. The van der Waals surface area contributed by atoms with Gasteiger partial charge in [-0.2, -0.15) is 0 Å². The van der Waals surface area contributed by atoms with Crippen molar-refractivity contribution < 1.29 is 13.6 Å². The lowest BCUT2D eigenvalue weighted by Gasteiger charge is -2.00. The Labute approximate surface area is 117 Å². The summed E-state index contributed by atoms with van der Waals surface area (Å²) in [7, 11) is 0. The van der Waals surface area contributed by atoms with Crippen molar-refractivity contribution in [3.8, 4) is 0 Å². The summed E-state index contributed by atoms with van der Waals surface area (Å²) in [5.74, 6) is -1.83. The van der Waals surface area contributed by atoms with Crippen molar-refractivity contribution >= 4 is 23.7 Å². The molecule has 0 aliphatic heterocycles. The molecule has 3 aromatic rings. The molecule has 3 nitrogen and oxygen atoms in total. The second kappa shape index (κ2) is 5.05. The summed E-state index contributed by atoms with van der Waals surface area (Å²) in [4.78, 5) is 16.0. The van der Waals surface area contributed by atoms with Gasteiger partial charge in [0.25, 0.3) is 0 Å². The standard InChI is InChI=1S/C14H8F2N2OS/c15-10-5-4-9(7-11(10)16)20-14-12(8-19)18-6-2-1-3-13(18)17-14/h1-8H. The molecule has 0 unspecified atom stereocenters. The fourth-order valence-electron chi connectivity index (χ4n) is 1.83. The molecule has 20 heavy (non-hydrogen) atoms. The second-order valence-corrected chi connectivity index (χ2v) is 5.09. The van der Waals surface area contributed by atoms with Crippen LogP contribution in [0.25, 0.3) is 5.65 Å². The Hall–Kier alpha value is -2.21. The third-order valence-corrected chi connectivity index (χ3v) is 3.73. The summed E-state index contributed by atoms with van der Waals surface area (Å²) in [5.41, 5.74) is 1.01. The van der Waals surface area contributed by atoms with Gasteiger partial charge in [0.05, 0.1) is 0 Å². The predicted molar refractivity (Wildman–Crippen MR) is 71.1 cm³/mol. The van der Waals surface area contributed by atoms with Crippen LogP contribution >= 0.6 is 11.8 Å². The van der Waals surface area contributed by atoms with Crippen LogP contribution in [-0.2, 0) is 0 Å². The van der Waals surface area contributed by atoms with E-state index >= 15 is 0 Å². The van der Waals surface area contributed by atoms with Crippen molar-refractivity contribution in [3.63, 3.8) is 0 Å². The number of hydrogen-bond acceptors (Lipinski definition) is 3. The average molecular weight is 290 g/mol. The maximum absolute atomic E-state index is 13.2. The Morgan fingerprint density at radius 3 is 2.75 bits per heavy atom. The second-order valence-electron chi connectivity index (χ2n) is 4.03. The van der Waals surface area contributed by atoms with E-state index < -0.39 is 11.6 Å². The summed E-state index contributed by atoms with van der Waals surface area (Å²) in [6, 6.07) is 8.94.